The van der Waals surface area contributed by atoms with Gasteiger partial charge < -0.3 is 4.74 Å². The summed E-state index contributed by atoms with van der Waals surface area (Å²) in [5, 5.41) is 0.631. The number of hydrogen-bond acceptors (Lipinski definition) is 4. The molecule has 0 unspecified atom stereocenters. The molecule has 2 rings (SSSR count). The minimum absolute atomic E-state index is 0.258. The molecule has 1 fully saturated rings. The van der Waals surface area contributed by atoms with E-state index >= 15 is 0 Å². The van der Waals surface area contributed by atoms with Gasteiger partial charge in [0.1, 0.15) is 0 Å². The van der Waals surface area contributed by atoms with Gasteiger partial charge in [0, 0.05) is 11.3 Å². The number of thioether (sulfide) groups is 1. The monoisotopic (exact) mass is 238 g/mol. The van der Waals surface area contributed by atoms with E-state index in [9.17, 15) is 4.79 Å². The van der Waals surface area contributed by atoms with Gasteiger partial charge in [-0.05, 0) is 17.7 Å². The lowest BCUT2D eigenvalue weighted by atomic mass is 10.1. The zero-order chi connectivity index (χ0) is 11.4. The highest BCUT2D eigenvalue weighted by molar-refractivity contribution is 7.99. The van der Waals surface area contributed by atoms with Gasteiger partial charge in [-0.2, -0.15) is 0 Å². The minimum Gasteiger partial charge on any atom is -0.379 e. The normalized spacial score (nSPS) is 15.6. The Morgan fingerprint density at radius 3 is 2.62 bits per heavy atom. The van der Waals surface area contributed by atoms with Crippen LogP contribution < -0.4 is 11.3 Å². The van der Waals surface area contributed by atoms with E-state index in [1.807, 2.05) is 23.9 Å². The molecule has 0 saturated carbocycles. The van der Waals surface area contributed by atoms with Gasteiger partial charge in [0.2, 0.25) is 0 Å². The SMILES string of the molecule is NNC(=O)c1ccc(CSC2COC2)cc1. The third-order valence-electron chi connectivity index (χ3n) is 2.44. The predicted molar refractivity (Wildman–Crippen MR) is 64.0 cm³/mol. The molecule has 16 heavy (non-hydrogen) atoms. The van der Waals surface area contributed by atoms with Gasteiger partial charge in [-0.1, -0.05) is 12.1 Å². The van der Waals surface area contributed by atoms with Crippen LogP contribution in [0, 0.1) is 0 Å². The van der Waals surface area contributed by atoms with Crippen molar-refractivity contribution in [3.63, 3.8) is 0 Å². The van der Waals surface area contributed by atoms with Crippen molar-refractivity contribution in [3.8, 4) is 0 Å². The van der Waals surface area contributed by atoms with Crippen molar-refractivity contribution in [3.05, 3.63) is 35.4 Å². The van der Waals surface area contributed by atoms with E-state index in [1.54, 1.807) is 12.1 Å². The second-order valence-electron chi connectivity index (χ2n) is 3.64. The maximum atomic E-state index is 11.2. The Labute approximate surface area is 98.5 Å². The van der Waals surface area contributed by atoms with Crippen molar-refractivity contribution in [2.75, 3.05) is 13.2 Å². The third-order valence-corrected chi connectivity index (χ3v) is 3.68. The number of amides is 1. The molecule has 1 amide bonds. The van der Waals surface area contributed by atoms with E-state index in [-0.39, 0.29) is 5.91 Å². The largest absolute Gasteiger partial charge is 0.379 e. The number of carbonyl (C=O) groups excluding carboxylic acids is 1. The first-order chi connectivity index (χ1) is 7.79. The highest BCUT2D eigenvalue weighted by atomic mass is 32.2. The number of nitrogens with one attached hydrogen (secondary N) is 1. The van der Waals surface area contributed by atoms with Crippen LogP contribution in [0.4, 0.5) is 0 Å². The fourth-order valence-corrected chi connectivity index (χ4v) is 2.37. The van der Waals surface area contributed by atoms with Crippen molar-refractivity contribution < 1.29 is 9.53 Å². The zero-order valence-corrected chi connectivity index (χ0v) is 9.63. The molecule has 0 atom stereocenters. The van der Waals surface area contributed by atoms with Crippen molar-refractivity contribution >= 4 is 17.7 Å². The second kappa shape index (κ2) is 5.34. The van der Waals surface area contributed by atoms with Crippen LogP contribution in [0.3, 0.4) is 0 Å². The average molecular weight is 238 g/mol. The van der Waals surface area contributed by atoms with Crippen LogP contribution >= 0.6 is 11.8 Å². The van der Waals surface area contributed by atoms with Gasteiger partial charge in [0.15, 0.2) is 0 Å². The molecule has 86 valence electrons. The quantitative estimate of drug-likeness (QED) is 0.465. The lowest BCUT2D eigenvalue weighted by Gasteiger charge is -2.25. The number of benzene rings is 1. The van der Waals surface area contributed by atoms with E-state index in [0.717, 1.165) is 19.0 Å². The predicted octanol–water partition coefficient (Wildman–Crippen LogP) is 0.922. The number of hydrogen-bond donors (Lipinski definition) is 2. The summed E-state index contributed by atoms with van der Waals surface area (Å²) in [6.07, 6.45) is 0. The van der Waals surface area contributed by atoms with E-state index in [2.05, 4.69) is 5.43 Å². The van der Waals surface area contributed by atoms with Crippen LogP contribution in [-0.2, 0) is 10.5 Å². The summed E-state index contributed by atoms with van der Waals surface area (Å²) < 4.78 is 5.10. The van der Waals surface area contributed by atoms with Gasteiger partial charge in [0.25, 0.3) is 5.91 Å². The van der Waals surface area contributed by atoms with Gasteiger partial charge in [-0.15, -0.1) is 11.8 Å². The van der Waals surface area contributed by atoms with Gasteiger partial charge >= 0.3 is 0 Å². The Morgan fingerprint density at radius 1 is 1.44 bits per heavy atom. The number of rotatable bonds is 4. The number of hydrazine groups is 1. The number of carbonyl (C=O) groups is 1. The molecule has 0 bridgehead atoms. The molecule has 4 nitrogen and oxygen atoms in total. The molecule has 1 aliphatic rings. The van der Waals surface area contributed by atoms with E-state index in [4.69, 9.17) is 10.6 Å². The number of nitrogen functional groups attached to an aromatic ring is 1. The second-order valence-corrected chi connectivity index (χ2v) is 4.93. The Hall–Kier alpha value is -1.04. The molecule has 1 aromatic rings. The molecule has 1 aliphatic heterocycles. The van der Waals surface area contributed by atoms with E-state index < -0.39 is 0 Å². The number of nitrogens with two attached hydrogens (primary N) is 1. The Kier molecular flexibility index (Phi) is 3.82. The molecule has 0 spiro atoms. The van der Waals surface area contributed by atoms with Crippen LogP contribution in [0.15, 0.2) is 24.3 Å². The van der Waals surface area contributed by atoms with Crippen molar-refractivity contribution in [2.45, 2.75) is 11.0 Å². The topological polar surface area (TPSA) is 64.3 Å². The lowest BCUT2D eigenvalue weighted by Crippen LogP contribution is -2.30. The first-order valence-corrected chi connectivity index (χ1v) is 6.13. The Balaban J connectivity index is 1.88. The molecule has 0 aliphatic carbocycles. The summed E-state index contributed by atoms with van der Waals surface area (Å²) in [6, 6.07) is 7.49. The fourth-order valence-electron chi connectivity index (χ4n) is 1.36. The maximum absolute atomic E-state index is 11.2. The third kappa shape index (κ3) is 2.75. The molecule has 3 N–H and O–H groups in total. The molecule has 1 saturated heterocycles. The van der Waals surface area contributed by atoms with Crippen molar-refractivity contribution in [1.29, 1.82) is 0 Å². The summed E-state index contributed by atoms with van der Waals surface area (Å²) in [5.74, 6) is 5.75. The van der Waals surface area contributed by atoms with E-state index in [0.29, 0.717) is 10.8 Å². The molecule has 0 radical (unpaired) electrons. The average Bonchev–Trinajstić information content (AvgIpc) is 2.27. The highest BCUT2D eigenvalue weighted by Gasteiger charge is 2.18. The lowest BCUT2D eigenvalue weighted by molar-refractivity contribution is 0.0455. The maximum Gasteiger partial charge on any atom is 0.265 e. The number of ether oxygens (including phenoxy) is 1. The van der Waals surface area contributed by atoms with Gasteiger partial charge in [-0.3, -0.25) is 10.2 Å². The smallest absolute Gasteiger partial charge is 0.265 e. The Bertz CT molecular complexity index is 363. The minimum atomic E-state index is -0.258. The molecule has 0 aromatic heterocycles. The summed E-state index contributed by atoms with van der Waals surface area (Å²) in [4.78, 5) is 11.2. The van der Waals surface area contributed by atoms with Gasteiger partial charge in [-0.25, -0.2) is 5.84 Å². The first-order valence-electron chi connectivity index (χ1n) is 5.09. The Morgan fingerprint density at radius 2 is 2.12 bits per heavy atom. The summed E-state index contributed by atoms with van der Waals surface area (Å²) in [7, 11) is 0. The summed E-state index contributed by atoms with van der Waals surface area (Å²) in [6.45, 7) is 1.72. The summed E-state index contributed by atoms with van der Waals surface area (Å²) in [5.41, 5.74) is 3.91. The fraction of sp³-hybridized carbons (Fsp3) is 0.364. The van der Waals surface area contributed by atoms with E-state index in [1.165, 1.54) is 5.56 Å². The molecular weight excluding hydrogens is 224 g/mol. The van der Waals surface area contributed by atoms with Crippen molar-refractivity contribution in [2.24, 2.45) is 5.84 Å². The van der Waals surface area contributed by atoms with Crippen LogP contribution in [0.25, 0.3) is 0 Å². The molecule has 1 aromatic carbocycles. The van der Waals surface area contributed by atoms with Crippen LogP contribution in [0.2, 0.25) is 0 Å². The first kappa shape index (κ1) is 11.4. The highest BCUT2D eigenvalue weighted by Crippen LogP contribution is 2.23. The molecule has 5 heteroatoms. The summed E-state index contributed by atoms with van der Waals surface area (Å²) >= 11 is 1.89. The standard InChI is InChI=1S/C11H14N2O2S/c12-13-11(14)9-3-1-8(2-4-9)7-16-10-5-15-6-10/h1-4,10H,5-7,12H2,(H,13,14). The van der Waals surface area contributed by atoms with Crippen LogP contribution in [-0.4, -0.2) is 24.4 Å². The zero-order valence-electron chi connectivity index (χ0n) is 8.81. The molecule has 1 heterocycles. The van der Waals surface area contributed by atoms with Crippen LogP contribution in [0.5, 0.6) is 0 Å². The van der Waals surface area contributed by atoms with Gasteiger partial charge in [0.05, 0.1) is 18.5 Å². The van der Waals surface area contributed by atoms with Crippen molar-refractivity contribution in [1.82, 2.24) is 5.43 Å². The van der Waals surface area contributed by atoms with Crippen LogP contribution in [0.1, 0.15) is 15.9 Å². The molecular formula is C11H14N2O2S.